The highest BCUT2D eigenvalue weighted by atomic mass is 16.4. The molecule has 3 rings (SSSR count). The highest BCUT2D eigenvalue weighted by Crippen LogP contribution is 2.29. The molecule has 3 heteroatoms. The maximum atomic E-state index is 11.6. The highest BCUT2D eigenvalue weighted by molar-refractivity contribution is 6.00. The van der Waals surface area contributed by atoms with Gasteiger partial charge in [0.2, 0.25) is 0 Å². The first-order chi connectivity index (χ1) is 9.99. The summed E-state index contributed by atoms with van der Waals surface area (Å²) in [5, 5.41) is 23.6. The Labute approximate surface area is 122 Å². The summed E-state index contributed by atoms with van der Waals surface area (Å²) in [5.74, 6) is -0.840. The van der Waals surface area contributed by atoms with Crippen LogP contribution in [0.15, 0.2) is 66.7 Å². The van der Waals surface area contributed by atoms with Gasteiger partial charge in [-0.3, -0.25) is 5.11 Å². The van der Waals surface area contributed by atoms with E-state index in [1.807, 2.05) is 30.3 Å². The normalized spacial score (nSPS) is 9.95. The van der Waals surface area contributed by atoms with Crippen molar-refractivity contribution in [3.05, 3.63) is 66.7 Å². The van der Waals surface area contributed by atoms with Crippen LogP contribution in [-0.2, 0) is 9.90 Å². The second-order valence-electron chi connectivity index (χ2n) is 4.76. The van der Waals surface area contributed by atoms with Gasteiger partial charge in [0.05, 0.1) is 0 Å². The van der Waals surface area contributed by atoms with Crippen molar-refractivity contribution in [2.75, 3.05) is 0 Å². The van der Waals surface area contributed by atoms with Crippen LogP contribution in [0.3, 0.4) is 0 Å². The van der Waals surface area contributed by atoms with Crippen LogP contribution in [0.5, 0.6) is 5.75 Å². The summed E-state index contributed by atoms with van der Waals surface area (Å²) in [5.41, 5.74) is 0.176. The van der Waals surface area contributed by atoms with Crippen LogP contribution in [0.2, 0.25) is 0 Å². The fourth-order valence-electron chi connectivity index (χ4n) is 1.94. The standard InChI is InChI=1S/C14H9O.C4H6O2/c15-14-7-3-6-12-8-10-4-1-2-5-11(10)9-13(12)14;1-3(2)4(5)6/h1-9H;1H2,2H3,(H,5,6). The molecule has 0 spiro atoms. The number of rotatable bonds is 1. The van der Waals surface area contributed by atoms with Crippen LogP contribution in [0, 0.1) is 0 Å². The Balaban J connectivity index is 0.000000232. The molecule has 0 fully saturated rings. The molecule has 105 valence electrons. The number of carboxylic acid groups (broad SMARTS) is 1. The minimum Gasteiger partial charge on any atom is -0.478 e. The van der Waals surface area contributed by atoms with Gasteiger partial charge in [0, 0.05) is 11.0 Å². The van der Waals surface area contributed by atoms with E-state index in [0.29, 0.717) is 0 Å². The van der Waals surface area contributed by atoms with Crippen molar-refractivity contribution in [1.82, 2.24) is 0 Å². The molecule has 3 aromatic rings. The molecule has 21 heavy (non-hydrogen) atoms. The first-order valence-electron chi connectivity index (χ1n) is 6.46. The second kappa shape index (κ2) is 6.09. The Kier molecular flexibility index (Phi) is 4.24. The van der Waals surface area contributed by atoms with Gasteiger partial charge in [-0.1, -0.05) is 43.0 Å². The predicted molar refractivity (Wildman–Crippen MR) is 84.0 cm³/mol. The Hall–Kier alpha value is -2.81. The predicted octanol–water partition coefficient (Wildman–Crippen LogP) is 4.78. The van der Waals surface area contributed by atoms with Gasteiger partial charge in [0.1, 0.15) is 0 Å². The van der Waals surface area contributed by atoms with Crippen molar-refractivity contribution in [2.24, 2.45) is 0 Å². The molecule has 0 aromatic heterocycles. The van der Waals surface area contributed by atoms with Gasteiger partial charge >= 0.3 is 5.97 Å². The minimum absolute atomic E-state index is 0.0956. The molecule has 0 aliphatic heterocycles. The van der Waals surface area contributed by atoms with E-state index in [4.69, 9.17) is 5.11 Å². The van der Waals surface area contributed by atoms with Crippen molar-refractivity contribution in [3.8, 4) is 5.75 Å². The number of carbonyl (C=O) groups is 1. The molecule has 0 aliphatic carbocycles. The van der Waals surface area contributed by atoms with Crippen LogP contribution >= 0.6 is 0 Å². The summed E-state index contributed by atoms with van der Waals surface area (Å²) >= 11 is 0. The Morgan fingerprint density at radius 1 is 0.952 bits per heavy atom. The van der Waals surface area contributed by atoms with Crippen molar-refractivity contribution < 1.29 is 15.0 Å². The third-order valence-electron chi connectivity index (χ3n) is 3.07. The molecule has 0 saturated heterocycles. The number of aliphatic carboxylic acids is 1. The van der Waals surface area contributed by atoms with Gasteiger partial charge in [0.15, 0.2) is 5.75 Å². The maximum Gasteiger partial charge on any atom is 0.330 e. The van der Waals surface area contributed by atoms with E-state index in [-0.39, 0.29) is 11.3 Å². The third-order valence-corrected chi connectivity index (χ3v) is 3.07. The van der Waals surface area contributed by atoms with Crippen LogP contribution < -0.4 is 0 Å². The van der Waals surface area contributed by atoms with Crippen LogP contribution in [-0.4, -0.2) is 11.1 Å². The molecule has 0 bridgehead atoms. The zero-order valence-electron chi connectivity index (χ0n) is 11.7. The van der Waals surface area contributed by atoms with Gasteiger partial charge in [-0.25, -0.2) is 4.79 Å². The zero-order chi connectivity index (χ0) is 15.4. The largest absolute Gasteiger partial charge is 0.478 e. The lowest BCUT2D eigenvalue weighted by Crippen LogP contribution is -1.92. The molecular formula is C18H15O3. The number of benzene rings is 3. The maximum absolute atomic E-state index is 11.6. The lowest BCUT2D eigenvalue weighted by atomic mass is 10.0. The summed E-state index contributed by atoms with van der Waals surface area (Å²) in [7, 11) is 0. The first-order valence-corrected chi connectivity index (χ1v) is 6.46. The van der Waals surface area contributed by atoms with Gasteiger partial charge in [-0.2, -0.15) is 0 Å². The second-order valence-corrected chi connectivity index (χ2v) is 4.76. The number of carboxylic acids is 1. The smallest absolute Gasteiger partial charge is 0.330 e. The molecule has 1 N–H and O–H groups in total. The van der Waals surface area contributed by atoms with Crippen molar-refractivity contribution >= 4 is 27.5 Å². The summed E-state index contributed by atoms with van der Waals surface area (Å²) in [6, 6.07) is 17.5. The summed E-state index contributed by atoms with van der Waals surface area (Å²) < 4.78 is 0. The van der Waals surface area contributed by atoms with E-state index in [1.54, 1.807) is 12.1 Å². The van der Waals surface area contributed by atoms with E-state index < -0.39 is 5.97 Å². The van der Waals surface area contributed by atoms with Crippen LogP contribution in [0.25, 0.3) is 21.5 Å². The van der Waals surface area contributed by atoms with Crippen molar-refractivity contribution in [2.45, 2.75) is 6.92 Å². The first kappa shape index (κ1) is 14.6. The molecule has 3 nitrogen and oxygen atoms in total. The quantitative estimate of drug-likeness (QED) is 0.514. The fraction of sp³-hybridized carbons (Fsp3) is 0.0556. The van der Waals surface area contributed by atoms with Gasteiger partial charge in [-0.05, 0) is 41.3 Å². The van der Waals surface area contributed by atoms with Gasteiger partial charge in [-0.15, -0.1) is 0 Å². The average molecular weight is 279 g/mol. The Morgan fingerprint density at radius 3 is 2.05 bits per heavy atom. The minimum atomic E-state index is -0.935. The zero-order valence-corrected chi connectivity index (χ0v) is 11.7. The summed E-state index contributed by atoms with van der Waals surface area (Å²) in [6.07, 6.45) is 0. The molecule has 0 saturated carbocycles. The lowest BCUT2D eigenvalue weighted by Gasteiger charge is -2.02. The number of hydrogen-bond donors (Lipinski definition) is 1. The van der Waals surface area contributed by atoms with E-state index in [1.165, 1.54) is 12.3 Å². The molecule has 0 amide bonds. The molecule has 1 radical (unpaired) electrons. The lowest BCUT2D eigenvalue weighted by molar-refractivity contribution is -0.132. The molecular weight excluding hydrogens is 264 g/mol. The monoisotopic (exact) mass is 279 g/mol. The van der Waals surface area contributed by atoms with E-state index >= 15 is 0 Å². The molecule has 0 heterocycles. The Morgan fingerprint density at radius 2 is 1.48 bits per heavy atom. The molecule has 0 unspecified atom stereocenters. The molecule has 0 atom stereocenters. The van der Waals surface area contributed by atoms with Crippen LogP contribution in [0.1, 0.15) is 6.92 Å². The van der Waals surface area contributed by atoms with Gasteiger partial charge < -0.3 is 5.11 Å². The summed E-state index contributed by atoms with van der Waals surface area (Å²) in [6.45, 7) is 4.60. The molecule has 3 aromatic carbocycles. The fourth-order valence-corrected chi connectivity index (χ4v) is 1.94. The van der Waals surface area contributed by atoms with Gasteiger partial charge in [0.25, 0.3) is 0 Å². The average Bonchev–Trinajstić information content (AvgIpc) is 2.46. The third kappa shape index (κ3) is 3.39. The summed E-state index contributed by atoms with van der Waals surface area (Å²) in [4.78, 5) is 9.60. The number of fused-ring (bicyclic) bond motifs is 2. The Bertz CT molecular complexity index is 807. The SMILES string of the molecule is C=C(C)C(=O)O.[O]c1cccc2cc3ccccc3cc12. The van der Waals surface area contributed by atoms with E-state index in [9.17, 15) is 9.90 Å². The number of hydrogen-bond acceptors (Lipinski definition) is 1. The van der Waals surface area contributed by atoms with E-state index in [2.05, 4.69) is 18.7 Å². The van der Waals surface area contributed by atoms with Crippen molar-refractivity contribution in [1.29, 1.82) is 0 Å². The molecule has 0 aliphatic rings. The van der Waals surface area contributed by atoms with Crippen LogP contribution in [0.4, 0.5) is 0 Å². The van der Waals surface area contributed by atoms with E-state index in [0.717, 1.165) is 16.2 Å². The van der Waals surface area contributed by atoms with Crippen molar-refractivity contribution in [3.63, 3.8) is 0 Å². The topological polar surface area (TPSA) is 57.2 Å². The highest BCUT2D eigenvalue weighted by Gasteiger charge is 2.02.